The minimum Gasteiger partial charge on any atom is -0.480 e. The highest BCUT2D eigenvalue weighted by atomic mass is 32.1. The highest BCUT2D eigenvalue weighted by molar-refractivity contribution is 7.12. The van der Waals surface area contributed by atoms with Gasteiger partial charge in [-0.15, -0.1) is 11.3 Å². The van der Waals surface area contributed by atoms with Gasteiger partial charge in [0.25, 0.3) is 5.91 Å². The number of piperidine rings is 1. The first-order valence-corrected chi connectivity index (χ1v) is 7.84. The van der Waals surface area contributed by atoms with Crippen molar-refractivity contribution in [1.29, 1.82) is 0 Å². The van der Waals surface area contributed by atoms with Crippen LogP contribution in [-0.2, 0) is 9.53 Å². The van der Waals surface area contributed by atoms with E-state index in [-0.39, 0.29) is 12.5 Å². The first-order chi connectivity index (χ1) is 10.0. The topological polar surface area (TPSA) is 70.1 Å². The summed E-state index contributed by atoms with van der Waals surface area (Å²) in [5.41, 5.74) is -0.767. The Morgan fingerprint density at radius 1 is 1.43 bits per heavy atom. The minimum absolute atomic E-state index is 0.0656. The second kappa shape index (κ2) is 5.40. The van der Waals surface area contributed by atoms with Gasteiger partial charge in [0.2, 0.25) is 0 Å². The van der Waals surface area contributed by atoms with Crippen molar-refractivity contribution in [2.75, 3.05) is 26.7 Å². The van der Waals surface area contributed by atoms with Crippen molar-refractivity contribution in [3.05, 3.63) is 22.4 Å². The van der Waals surface area contributed by atoms with E-state index in [1.54, 1.807) is 12.1 Å². The maximum atomic E-state index is 12.8. The Morgan fingerprint density at radius 2 is 2.14 bits per heavy atom. The summed E-state index contributed by atoms with van der Waals surface area (Å²) in [6, 6.07) is 2.63. The van der Waals surface area contributed by atoms with E-state index < -0.39 is 17.7 Å². The van der Waals surface area contributed by atoms with E-state index in [4.69, 9.17) is 4.74 Å². The minimum atomic E-state index is -1.00. The number of amides is 1. The molecular formula is C14H18N2O4S. The smallest absolute Gasteiger partial charge is 0.328 e. The maximum absolute atomic E-state index is 12.8. The molecule has 1 N–H and O–H groups in total. The van der Waals surface area contributed by atoms with E-state index in [1.165, 1.54) is 16.2 Å². The zero-order chi connectivity index (χ0) is 15.0. The van der Waals surface area contributed by atoms with Crippen LogP contribution in [-0.4, -0.2) is 65.3 Å². The summed E-state index contributed by atoms with van der Waals surface area (Å²) in [5.74, 6) is -1.24. The highest BCUT2D eigenvalue weighted by Crippen LogP contribution is 2.38. The first kappa shape index (κ1) is 14.5. The van der Waals surface area contributed by atoms with E-state index in [2.05, 4.69) is 4.90 Å². The third kappa shape index (κ3) is 2.45. The first-order valence-electron chi connectivity index (χ1n) is 6.96. The van der Waals surface area contributed by atoms with Crippen molar-refractivity contribution >= 4 is 23.2 Å². The molecular weight excluding hydrogens is 292 g/mol. The number of aliphatic carboxylic acids is 1. The second-order valence-corrected chi connectivity index (χ2v) is 6.51. The van der Waals surface area contributed by atoms with Crippen LogP contribution in [0.15, 0.2) is 17.5 Å². The van der Waals surface area contributed by atoms with Crippen LogP contribution in [0.5, 0.6) is 0 Å². The molecule has 1 aromatic rings. The molecule has 2 aliphatic rings. The molecule has 0 radical (unpaired) electrons. The van der Waals surface area contributed by atoms with Crippen LogP contribution >= 0.6 is 11.3 Å². The third-order valence-electron chi connectivity index (χ3n) is 4.26. The standard InChI is InChI=1S/C14H18N2O4S/c1-15-6-4-14(5-7-15)16(10(9-20-14)13(18)19)12(17)11-3-2-8-21-11/h2-3,8,10H,4-7,9H2,1H3,(H,18,19). The summed E-state index contributed by atoms with van der Waals surface area (Å²) in [6.45, 7) is 1.65. The van der Waals surface area contributed by atoms with Gasteiger partial charge in [-0.2, -0.15) is 0 Å². The van der Waals surface area contributed by atoms with Gasteiger partial charge in [-0.3, -0.25) is 9.69 Å². The molecule has 1 unspecified atom stereocenters. The van der Waals surface area contributed by atoms with Gasteiger partial charge < -0.3 is 14.7 Å². The predicted molar refractivity (Wildman–Crippen MR) is 77.3 cm³/mol. The number of hydrogen-bond donors (Lipinski definition) is 1. The second-order valence-electron chi connectivity index (χ2n) is 5.57. The van der Waals surface area contributed by atoms with Crippen molar-refractivity contribution in [3.8, 4) is 0 Å². The van der Waals surface area contributed by atoms with E-state index in [1.807, 2.05) is 12.4 Å². The van der Waals surface area contributed by atoms with Crippen LogP contribution in [0.1, 0.15) is 22.5 Å². The number of hydrogen-bond acceptors (Lipinski definition) is 5. The molecule has 21 heavy (non-hydrogen) atoms. The Bertz CT molecular complexity index is 537. The van der Waals surface area contributed by atoms with Crippen LogP contribution in [0.25, 0.3) is 0 Å². The number of nitrogens with zero attached hydrogens (tertiary/aromatic N) is 2. The predicted octanol–water partition coefficient (Wildman–Crippen LogP) is 1.10. The van der Waals surface area contributed by atoms with Crippen LogP contribution < -0.4 is 0 Å². The fraction of sp³-hybridized carbons (Fsp3) is 0.571. The monoisotopic (exact) mass is 310 g/mol. The number of carboxylic acids is 1. The Morgan fingerprint density at radius 3 is 2.71 bits per heavy atom. The summed E-state index contributed by atoms with van der Waals surface area (Å²) in [4.78, 5) is 28.4. The van der Waals surface area contributed by atoms with Gasteiger partial charge in [-0.1, -0.05) is 6.07 Å². The quantitative estimate of drug-likeness (QED) is 0.885. The lowest BCUT2D eigenvalue weighted by molar-refractivity contribution is -0.143. The van der Waals surface area contributed by atoms with Gasteiger partial charge in [0.05, 0.1) is 11.5 Å². The molecule has 2 saturated heterocycles. The molecule has 0 bridgehead atoms. The van der Waals surface area contributed by atoms with Gasteiger partial charge >= 0.3 is 5.97 Å². The van der Waals surface area contributed by atoms with Crippen molar-refractivity contribution in [2.24, 2.45) is 0 Å². The number of thiophene rings is 1. The summed E-state index contributed by atoms with van der Waals surface area (Å²) in [5, 5.41) is 11.2. The van der Waals surface area contributed by atoms with Crippen molar-refractivity contribution in [2.45, 2.75) is 24.6 Å². The number of carbonyl (C=O) groups is 2. The highest BCUT2D eigenvalue weighted by Gasteiger charge is 2.53. The third-order valence-corrected chi connectivity index (χ3v) is 5.12. The molecule has 1 spiro atoms. The summed E-state index contributed by atoms with van der Waals surface area (Å²) >= 11 is 1.33. The van der Waals surface area contributed by atoms with Gasteiger partial charge in [-0.25, -0.2) is 4.79 Å². The van der Waals surface area contributed by atoms with Crippen LogP contribution in [0.2, 0.25) is 0 Å². The largest absolute Gasteiger partial charge is 0.480 e. The Balaban J connectivity index is 1.93. The van der Waals surface area contributed by atoms with Crippen molar-refractivity contribution < 1.29 is 19.4 Å². The van der Waals surface area contributed by atoms with Crippen LogP contribution in [0, 0.1) is 0 Å². The maximum Gasteiger partial charge on any atom is 0.328 e. The van der Waals surface area contributed by atoms with Gasteiger partial charge in [0.15, 0.2) is 6.04 Å². The fourth-order valence-corrected chi connectivity index (χ4v) is 3.70. The van der Waals surface area contributed by atoms with Gasteiger partial charge in [0, 0.05) is 25.9 Å². The Hall–Kier alpha value is -1.44. The molecule has 1 aromatic heterocycles. The zero-order valence-corrected chi connectivity index (χ0v) is 12.6. The molecule has 6 nitrogen and oxygen atoms in total. The van der Waals surface area contributed by atoms with Crippen LogP contribution in [0.4, 0.5) is 0 Å². The molecule has 1 amide bonds. The molecule has 0 aromatic carbocycles. The molecule has 2 aliphatic heterocycles. The SMILES string of the molecule is CN1CCC2(CC1)OCC(C(=O)O)N2C(=O)c1cccs1. The molecule has 2 fully saturated rings. The molecule has 0 aliphatic carbocycles. The number of rotatable bonds is 2. The molecule has 114 valence electrons. The zero-order valence-electron chi connectivity index (χ0n) is 11.8. The van der Waals surface area contributed by atoms with E-state index in [0.717, 1.165) is 13.1 Å². The fourth-order valence-electron chi connectivity index (χ4n) is 3.04. The molecule has 0 saturated carbocycles. The lowest BCUT2D eigenvalue weighted by Gasteiger charge is -2.43. The average molecular weight is 310 g/mol. The molecule has 1 atom stereocenters. The molecule has 7 heteroatoms. The van der Waals surface area contributed by atoms with E-state index >= 15 is 0 Å². The summed E-state index contributed by atoms with van der Waals surface area (Å²) in [6.07, 6.45) is 1.29. The summed E-state index contributed by atoms with van der Waals surface area (Å²) in [7, 11) is 2.02. The summed E-state index contributed by atoms with van der Waals surface area (Å²) < 4.78 is 5.84. The lowest BCUT2D eigenvalue weighted by Crippen LogP contribution is -2.57. The number of carboxylic acid groups (broad SMARTS) is 1. The van der Waals surface area contributed by atoms with Crippen LogP contribution in [0.3, 0.4) is 0 Å². The number of ether oxygens (including phenoxy) is 1. The number of carbonyl (C=O) groups excluding carboxylic acids is 1. The van der Waals surface area contributed by atoms with Crippen molar-refractivity contribution in [3.63, 3.8) is 0 Å². The normalized spacial score (nSPS) is 25.4. The molecule has 3 heterocycles. The molecule has 3 rings (SSSR count). The van der Waals surface area contributed by atoms with E-state index in [0.29, 0.717) is 17.7 Å². The Kier molecular flexibility index (Phi) is 3.73. The van der Waals surface area contributed by atoms with Gasteiger partial charge in [0.1, 0.15) is 5.72 Å². The van der Waals surface area contributed by atoms with Crippen molar-refractivity contribution in [1.82, 2.24) is 9.80 Å². The lowest BCUT2D eigenvalue weighted by atomic mass is 9.98. The van der Waals surface area contributed by atoms with E-state index in [9.17, 15) is 14.7 Å². The van der Waals surface area contributed by atoms with Gasteiger partial charge in [-0.05, 0) is 18.5 Å². The number of likely N-dealkylation sites (tertiary alicyclic amines) is 1. The average Bonchev–Trinajstić information content (AvgIpc) is 3.10. The Labute approximate surface area is 126 Å².